The van der Waals surface area contributed by atoms with Gasteiger partial charge in [-0.3, -0.25) is 4.79 Å². The van der Waals surface area contributed by atoms with Crippen LogP contribution < -0.4 is 15.8 Å². The number of anilines is 1. The average Bonchev–Trinajstić information content (AvgIpc) is 3.11. The Balaban J connectivity index is 2.01. The van der Waals surface area contributed by atoms with Crippen molar-refractivity contribution < 1.29 is 9.53 Å². The standard InChI is InChI=1S/C13H18N2O2/c1-2-15-13(16)10-5-6-12(11(14)7-10)17-8-9-3-4-9/h5-7,9H,2-4,8,14H2,1H3,(H,15,16). The van der Waals surface area contributed by atoms with E-state index < -0.39 is 0 Å². The molecule has 1 aliphatic carbocycles. The molecule has 0 heterocycles. The topological polar surface area (TPSA) is 64.3 Å². The third-order valence-corrected chi connectivity index (χ3v) is 2.78. The molecule has 0 spiro atoms. The highest BCUT2D eigenvalue weighted by atomic mass is 16.5. The molecule has 1 saturated carbocycles. The van der Waals surface area contributed by atoms with Gasteiger partial charge in [0.25, 0.3) is 5.91 Å². The van der Waals surface area contributed by atoms with Gasteiger partial charge < -0.3 is 15.8 Å². The molecule has 1 aromatic rings. The smallest absolute Gasteiger partial charge is 0.251 e. The number of ether oxygens (including phenoxy) is 1. The summed E-state index contributed by atoms with van der Waals surface area (Å²) < 4.78 is 5.60. The second-order valence-electron chi connectivity index (χ2n) is 4.37. The molecule has 0 unspecified atom stereocenters. The lowest BCUT2D eigenvalue weighted by molar-refractivity contribution is 0.0956. The summed E-state index contributed by atoms with van der Waals surface area (Å²) in [6.45, 7) is 3.22. The van der Waals surface area contributed by atoms with E-state index in [0.717, 1.165) is 6.61 Å². The Bertz CT molecular complexity index is 414. The van der Waals surface area contributed by atoms with Gasteiger partial charge in [-0.2, -0.15) is 0 Å². The molecule has 0 bridgehead atoms. The van der Waals surface area contributed by atoms with Crippen molar-refractivity contribution in [3.05, 3.63) is 23.8 Å². The van der Waals surface area contributed by atoms with Crippen molar-refractivity contribution in [1.82, 2.24) is 5.32 Å². The third-order valence-electron chi connectivity index (χ3n) is 2.78. The van der Waals surface area contributed by atoms with Gasteiger partial charge in [0.15, 0.2) is 0 Å². The summed E-state index contributed by atoms with van der Waals surface area (Å²) in [4.78, 5) is 11.6. The third kappa shape index (κ3) is 3.12. The van der Waals surface area contributed by atoms with Gasteiger partial charge in [0, 0.05) is 12.1 Å². The monoisotopic (exact) mass is 234 g/mol. The highest BCUT2D eigenvalue weighted by Gasteiger charge is 2.22. The maximum atomic E-state index is 11.6. The molecule has 4 heteroatoms. The van der Waals surface area contributed by atoms with Crippen molar-refractivity contribution in [3.63, 3.8) is 0 Å². The fourth-order valence-corrected chi connectivity index (χ4v) is 1.58. The van der Waals surface area contributed by atoms with Crippen molar-refractivity contribution in [2.24, 2.45) is 5.92 Å². The zero-order valence-electron chi connectivity index (χ0n) is 10.0. The Morgan fingerprint density at radius 1 is 1.53 bits per heavy atom. The van der Waals surface area contributed by atoms with Crippen LogP contribution in [-0.4, -0.2) is 19.1 Å². The Labute approximate surface area is 101 Å². The minimum atomic E-state index is -0.104. The summed E-state index contributed by atoms with van der Waals surface area (Å²) in [6, 6.07) is 5.17. The molecule has 1 fully saturated rings. The molecule has 1 amide bonds. The van der Waals surface area contributed by atoms with Gasteiger partial charge in [-0.1, -0.05) is 0 Å². The number of nitrogens with one attached hydrogen (secondary N) is 1. The van der Waals surface area contributed by atoms with Gasteiger partial charge in [-0.05, 0) is 43.9 Å². The highest BCUT2D eigenvalue weighted by Crippen LogP contribution is 2.31. The summed E-state index contributed by atoms with van der Waals surface area (Å²) in [6.07, 6.45) is 2.49. The van der Waals surface area contributed by atoms with Crippen molar-refractivity contribution >= 4 is 11.6 Å². The van der Waals surface area contributed by atoms with E-state index in [0.29, 0.717) is 29.5 Å². The summed E-state index contributed by atoms with van der Waals surface area (Å²) in [5.74, 6) is 1.26. The summed E-state index contributed by atoms with van der Waals surface area (Å²) in [5, 5.41) is 2.73. The van der Waals surface area contributed by atoms with Crippen LogP contribution >= 0.6 is 0 Å². The van der Waals surface area contributed by atoms with E-state index in [2.05, 4.69) is 5.32 Å². The van der Waals surface area contributed by atoms with E-state index in [9.17, 15) is 4.79 Å². The molecule has 92 valence electrons. The van der Waals surface area contributed by atoms with Crippen LogP contribution in [0.4, 0.5) is 5.69 Å². The first-order chi connectivity index (χ1) is 8.20. The largest absolute Gasteiger partial charge is 0.491 e. The Kier molecular flexibility index (Phi) is 3.52. The van der Waals surface area contributed by atoms with Crippen molar-refractivity contribution in [2.45, 2.75) is 19.8 Å². The first kappa shape index (κ1) is 11.8. The van der Waals surface area contributed by atoms with E-state index in [-0.39, 0.29) is 5.91 Å². The molecular weight excluding hydrogens is 216 g/mol. The second kappa shape index (κ2) is 5.08. The predicted octanol–water partition coefficient (Wildman–Crippen LogP) is 1.81. The molecule has 3 N–H and O–H groups in total. The van der Waals surface area contributed by atoms with Crippen LogP contribution in [0.2, 0.25) is 0 Å². The van der Waals surface area contributed by atoms with Crippen LogP contribution in [0.1, 0.15) is 30.1 Å². The van der Waals surface area contributed by atoms with Gasteiger partial charge in [-0.15, -0.1) is 0 Å². The maximum Gasteiger partial charge on any atom is 0.251 e. The van der Waals surface area contributed by atoms with Gasteiger partial charge in [0.05, 0.1) is 12.3 Å². The van der Waals surface area contributed by atoms with Crippen LogP contribution in [0.3, 0.4) is 0 Å². The van der Waals surface area contributed by atoms with E-state index in [1.165, 1.54) is 12.8 Å². The quantitative estimate of drug-likeness (QED) is 0.764. The molecule has 0 atom stereocenters. The molecule has 2 rings (SSSR count). The predicted molar refractivity (Wildman–Crippen MR) is 67.1 cm³/mol. The number of nitrogens with two attached hydrogens (primary N) is 1. The average molecular weight is 234 g/mol. The van der Waals surface area contributed by atoms with Crippen molar-refractivity contribution in [1.29, 1.82) is 0 Å². The number of carbonyl (C=O) groups excluding carboxylic acids is 1. The number of hydrogen-bond donors (Lipinski definition) is 2. The Morgan fingerprint density at radius 2 is 2.29 bits per heavy atom. The Morgan fingerprint density at radius 3 is 2.88 bits per heavy atom. The van der Waals surface area contributed by atoms with Crippen LogP contribution in [-0.2, 0) is 0 Å². The lowest BCUT2D eigenvalue weighted by Crippen LogP contribution is -2.22. The first-order valence-corrected chi connectivity index (χ1v) is 6.01. The molecule has 1 aromatic carbocycles. The SMILES string of the molecule is CCNC(=O)c1ccc(OCC2CC2)c(N)c1. The van der Waals surface area contributed by atoms with E-state index in [1.807, 2.05) is 6.92 Å². The number of carbonyl (C=O) groups is 1. The lowest BCUT2D eigenvalue weighted by atomic mass is 10.1. The minimum absolute atomic E-state index is 0.104. The van der Waals surface area contributed by atoms with Gasteiger partial charge >= 0.3 is 0 Å². The summed E-state index contributed by atoms with van der Waals surface area (Å²) in [5.41, 5.74) is 6.95. The number of benzene rings is 1. The van der Waals surface area contributed by atoms with Crippen LogP contribution in [0, 0.1) is 5.92 Å². The molecule has 0 aliphatic heterocycles. The van der Waals surface area contributed by atoms with E-state index in [4.69, 9.17) is 10.5 Å². The molecule has 17 heavy (non-hydrogen) atoms. The van der Waals surface area contributed by atoms with Crippen LogP contribution in [0.5, 0.6) is 5.75 Å². The van der Waals surface area contributed by atoms with E-state index >= 15 is 0 Å². The molecule has 4 nitrogen and oxygen atoms in total. The molecule has 0 radical (unpaired) electrons. The summed E-state index contributed by atoms with van der Waals surface area (Å²) >= 11 is 0. The number of amides is 1. The maximum absolute atomic E-state index is 11.6. The fraction of sp³-hybridized carbons (Fsp3) is 0.462. The molecular formula is C13H18N2O2. The zero-order valence-corrected chi connectivity index (χ0v) is 10.0. The van der Waals surface area contributed by atoms with E-state index in [1.54, 1.807) is 18.2 Å². The normalized spacial score (nSPS) is 14.4. The fourth-order valence-electron chi connectivity index (χ4n) is 1.58. The molecule has 1 aliphatic rings. The zero-order chi connectivity index (χ0) is 12.3. The lowest BCUT2D eigenvalue weighted by Gasteiger charge is -2.09. The second-order valence-corrected chi connectivity index (χ2v) is 4.37. The number of hydrogen-bond acceptors (Lipinski definition) is 3. The van der Waals surface area contributed by atoms with Gasteiger partial charge in [0.1, 0.15) is 5.75 Å². The number of rotatable bonds is 5. The minimum Gasteiger partial charge on any atom is -0.491 e. The van der Waals surface area contributed by atoms with Crippen molar-refractivity contribution in [3.8, 4) is 5.75 Å². The molecule has 0 aromatic heterocycles. The summed E-state index contributed by atoms with van der Waals surface area (Å²) in [7, 11) is 0. The number of nitrogen functional groups attached to an aromatic ring is 1. The first-order valence-electron chi connectivity index (χ1n) is 6.01. The van der Waals surface area contributed by atoms with Gasteiger partial charge in [-0.25, -0.2) is 0 Å². The molecule has 0 saturated heterocycles. The highest BCUT2D eigenvalue weighted by molar-refractivity contribution is 5.95. The van der Waals surface area contributed by atoms with Gasteiger partial charge in [0.2, 0.25) is 0 Å². The van der Waals surface area contributed by atoms with Crippen LogP contribution in [0.15, 0.2) is 18.2 Å². The Hall–Kier alpha value is -1.71. The van der Waals surface area contributed by atoms with Crippen LogP contribution in [0.25, 0.3) is 0 Å². The van der Waals surface area contributed by atoms with Crippen molar-refractivity contribution in [2.75, 3.05) is 18.9 Å².